The number of aryl methyl sites for hydroxylation is 1. The molecule has 0 saturated carbocycles. The van der Waals surface area contributed by atoms with E-state index in [1.807, 2.05) is 12.1 Å². The summed E-state index contributed by atoms with van der Waals surface area (Å²) in [7, 11) is -0.102. The Morgan fingerprint density at radius 3 is 2.58 bits per heavy atom. The zero-order chi connectivity index (χ0) is 22.6. The third kappa shape index (κ3) is 5.37. The van der Waals surface area contributed by atoms with Crippen LogP contribution in [0.4, 0.5) is 5.00 Å². The Morgan fingerprint density at radius 2 is 1.90 bits per heavy atom. The number of esters is 1. The minimum absolute atomic E-state index is 0.0180. The van der Waals surface area contributed by atoms with E-state index in [0.29, 0.717) is 33.4 Å². The normalized spacial score (nSPS) is 14.4. The van der Waals surface area contributed by atoms with Crippen molar-refractivity contribution in [3.05, 3.63) is 39.8 Å². The van der Waals surface area contributed by atoms with E-state index in [1.54, 1.807) is 27.2 Å². The van der Waals surface area contributed by atoms with E-state index < -0.39 is 15.8 Å². The van der Waals surface area contributed by atoms with Crippen LogP contribution in [-0.4, -0.2) is 46.9 Å². The standard InChI is InChI=1S/C21H25NO7S2/c1-4-29-21(24)19-14-9-10-31(25,26)12-17(14)30-20(19)22-18(23)8-6-13-5-7-15(27-2)16(11-13)28-3/h5,7,11H,4,6,8-10,12H2,1-3H3,(H,22,23). The van der Waals surface area contributed by atoms with E-state index in [9.17, 15) is 18.0 Å². The van der Waals surface area contributed by atoms with Gasteiger partial charge in [0.25, 0.3) is 0 Å². The van der Waals surface area contributed by atoms with E-state index in [4.69, 9.17) is 14.2 Å². The molecule has 10 heteroatoms. The average molecular weight is 468 g/mol. The maximum absolute atomic E-state index is 12.6. The van der Waals surface area contributed by atoms with Crippen LogP contribution in [0.25, 0.3) is 0 Å². The number of fused-ring (bicyclic) bond motifs is 1. The number of methoxy groups -OCH3 is 2. The summed E-state index contributed by atoms with van der Waals surface area (Å²) in [5.74, 6) is 0.221. The molecule has 8 nitrogen and oxygen atoms in total. The van der Waals surface area contributed by atoms with Crippen LogP contribution in [0.2, 0.25) is 0 Å². The van der Waals surface area contributed by atoms with Gasteiger partial charge in [-0.3, -0.25) is 4.79 Å². The molecular formula is C21H25NO7S2. The van der Waals surface area contributed by atoms with Crippen molar-refractivity contribution in [1.29, 1.82) is 0 Å². The number of sulfone groups is 1. The lowest BCUT2D eigenvalue weighted by molar-refractivity contribution is -0.116. The highest BCUT2D eigenvalue weighted by molar-refractivity contribution is 7.90. The number of rotatable bonds is 8. The maximum atomic E-state index is 12.6. The Bertz CT molecular complexity index is 1090. The highest BCUT2D eigenvalue weighted by Crippen LogP contribution is 2.38. The van der Waals surface area contributed by atoms with Crippen molar-refractivity contribution in [2.75, 3.05) is 31.9 Å². The molecule has 1 aromatic heterocycles. The average Bonchev–Trinajstić information content (AvgIpc) is 3.07. The van der Waals surface area contributed by atoms with Crippen LogP contribution in [0.15, 0.2) is 18.2 Å². The number of amides is 1. The minimum Gasteiger partial charge on any atom is -0.493 e. The van der Waals surface area contributed by atoms with Crippen molar-refractivity contribution in [3.8, 4) is 11.5 Å². The summed E-state index contributed by atoms with van der Waals surface area (Å²) in [6.45, 7) is 1.89. The molecule has 0 radical (unpaired) electrons. The molecular weight excluding hydrogens is 442 g/mol. The zero-order valence-electron chi connectivity index (χ0n) is 17.6. The first kappa shape index (κ1) is 23.1. The fourth-order valence-corrected chi connectivity index (χ4v) is 6.47. The van der Waals surface area contributed by atoms with Crippen molar-refractivity contribution >= 4 is 38.1 Å². The monoisotopic (exact) mass is 467 g/mol. The number of carbonyl (C=O) groups is 2. The quantitative estimate of drug-likeness (QED) is 0.595. The fourth-order valence-electron chi connectivity index (χ4n) is 3.41. The van der Waals surface area contributed by atoms with Gasteiger partial charge in [-0.25, -0.2) is 13.2 Å². The van der Waals surface area contributed by atoms with Crippen LogP contribution in [0.1, 0.15) is 39.7 Å². The summed E-state index contributed by atoms with van der Waals surface area (Å²) in [6, 6.07) is 5.44. The first-order valence-electron chi connectivity index (χ1n) is 9.80. The Kier molecular flexibility index (Phi) is 7.22. The first-order chi connectivity index (χ1) is 14.8. The molecule has 168 valence electrons. The molecule has 3 rings (SSSR count). The number of benzene rings is 1. The van der Waals surface area contributed by atoms with Crippen molar-refractivity contribution < 1.29 is 32.2 Å². The lowest BCUT2D eigenvalue weighted by atomic mass is 10.1. The number of anilines is 1. The van der Waals surface area contributed by atoms with Crippen LogP contribution in [0, 0.1) is 0 Å². The summed E-state index contributed by atoms with van der Waals surface area (Å²) in [6.07, 6.45) is 0.878. The van der Waals surface area contributed by atoms with Crippen LogP contribution < -0.4 is 14.8 Å². The highest BCUT2D eigenvalue weighted by atomic mass is 32.2. The zero-order valence-corrected chi connectivity index (χ0v) is 19.3. The molecule has 0 unspecified atom stereocenters. The van der Waals surface area contributed by atoms with Crippen molar-refractivity contribution in [2.24, 2.45) is 0 Å². The number of nitrogens with one attached hydrogen (secondary N) is 1. The van der Waals surface area contributed by atoms with Gasteiger partial charge in [-0.15, -0.1) is 11.3 Å². The summed E-state index contributed by atoms with van der Waals surface area (Å²) in [5.41, 5.74) is 1.83. The van der Waals surface area contributed by atoms with Crippen molar-refractivity contribution in [3.63, 3.8) is 0 Å². The third-order valence-corrected chi connectivity index (χ3v) is 7.81. The van der Waals surface area contributed by atoms with Crippen LogP contribution in [-0.2, 0) is 38.0 Å². The Labute approximate surface area is 185 Å². The van der Waals surface area contributed by atoms with Gasteiger partial charge in [0.2, 0.25) is 5.91 Å². The van der Waals surface area contributed by atoms with Crippen molar-refractivity contribution in [1.82, 2.24) is 0 Å². The molecule has 0 bridgehead atoms. The van der Waals surface area contributed by atoms with Gasteiger partial charge in [0.1, 0.15) is 5.00 Å². The van der Waals surface area contributed by atoms with Gasteiger partial charge in [-0.2, -0.15) is 0 Å². The summed E-state index contributed by atoms with van der Waals surface area (Å²) < 4.78 is 39.6. The second-order valence-electron chi connectivity index (χ2n) is 7.01. The number of thiophene rings is 1. The SMILES string of the molecule is CCOC(=O)c1c(NC(=O)CCc2ccc(OC)c(OC)c2)sc2c1CCS(=O)(=O)C2. The molecule has 1 amide bonds. The summed E-state index contributed by atoms with van der Waals surface area (Å²) >= 11 is 1.13. The summed E-state index contributed by atoms with van der Waals surface area (Å²) in [5, 5.41) is 3.13. The van der Waals surface area contributed by atoms with Gasteiger partial charge in [0.05, 0.1) is 37.9 Å². The highest BCUT2D eigenvalue weighted by Gasteiger charge is 2.32. The fraction of sp³-hybridized carbons (Fsp3) is 0.429. The molecule has 2 aromatic rings. The van der Waals surface area contributed by atoms with Gasteiger partial charge in [-0.05, 0) is 43.0 Å². The predicted molar refractivity (Wildman–Crippen MR) is 118 cm³/mol. The van der Waals surface area contributed by atoms with E-state index in [-0.39, 0.29) is 42.4 Å². The van der Waals surface area contributed by atoms with Gasteiger partial charge in [-0.1, -0.05) is 6.07 Å². The molecule has 0 saturated heterocycles. The molecule has 1 aromatic carbocycles. The Hall–Kier alpha value is -2.59. The number of carbonyl (C=O) groups excluding carboxylic acids is 2. The van der Waals surface area contributed by atoms with E-state index >= 15 is 0 Å². The molecule has 1 aliphatic rings. The van der Waals surface area contributed by atoms with E-state index in [0.717, 1.165) is 16.9 Å². The van der Waals surface area contributed by atoms with Crippen molar-refractivity contribution in [2.45, 2.75) is 31.9 Å². The van der Waals surface area contributed by atoms with E-state index in [1.165, 1.54) is 0 Å². The molecule has 1 N–H and O–H groups in total. The molecule has 0 fully saturated rings. The predicted octanol–water partition coefficient (Wildman–Crippen LogP) is 2.98. The number of hydrogen-bond acceptors (Lipinski definition) is 8. The molecule has 1 aliphatic heterocycles. The van der Waals surface area contributed by atoms with Gasteiger partial charge in [0.15, 0.2) is 21.3 Å². The second kappa shape index (κ2) is 9.69. The minimum atomic E-state index is -3.20. The topological polar surface area (TPSA) is 108 Å². The van der Waals surface area contributed by atoms with Crippen LogP contribution in [0.3, 0.4) is 0 Å². The first-order valence-corrected chi connectivity index (χ1v) is 12.4. The Morgan fingerprint density at radius 1 is 1.16 bits per heavy atom. The Balaban J connectivity index is 1.76. The maximum Gasteiger partial charge on any atom is 0.341 e. The van der Waals surface area contributed by atoms with Crippen LogP contribution in [0.5, 0.6) is 11.5 Å². The van der Waals surface area contributed by atoms with Gasteiger partial charge < -0.3 is 19.5 Å². The second-order valence-corrected chi connectivity index (χ2v) is 10.3. The lowest BCUT2D eigenvalue weighted by Gasteiger charge is -2.13. The van der Waals surface area contributed by atoms with E-state index in [2.05, 4.69) is 5.32 Å². The van der Waals surface area contributed by atoms with Gasteiger partial charge in [0, 0.05) is 11.3 Å². The molecule has 0 atom stereocenters. The largest absolute Gasteiger partial charge is 0.493 e. The number of hydrogen-bond donors (Lipinski definition) is 1. The van der Waals surface area contributed by atoms with Crippen LogP contribution >= 0.6 is 11.3 Å². The van der Waals surface area contributed by atoms with Gasteiger partial charge >= 0.3 is 5.97 Å². The smallest absolute Gasteiger partial charge is 0.341 e. The lowest BCUT2D eigenvalue weighted by Crippen LogP contribution is -2.20. The summed E-state index contributed by atoms with van der Waals surface area (Å²) in [4.78, 5) is 25.7. The molecule has 0 aliphatic carbocycles. The molecule has 2 heterocycles. The third-order valence-electron chi connectivity index (χ3n) is 4.93. The molecule has 31 heavy (non-hydrogen) atoms. The number of ether oxygens (including phenoxy) is 3. The molecule has 0 spiro atoms.